The SMILES string of the molecule is C=Cc1cc(O[Si](CC)(CC)CC)c(O[Si](C)(C)C(C)(C)C)c(O[Si](CC)(CC)CC)c1. The van der Waals surface area contributed by atoms with Crippen LogP contribution < -0.4 is 13.3 Å². The molecule has 1 aromatic rings. The zero-order valence-electron chi connectivity index (χ0n) is 22.9. The quantitative estimate of drug-likeness (QED) is 0.255. The first kappa shape index (κ1) is 29.0. The highest BCUT2D eigenvalue weighted by Crippen LogP contribution is 2.47. The van der Waals surface area contributed by atoms with Gasteiger partial charge < -0.3 is 13.3 Å². The van der Waals surface area contributed by atoms with Crippen molar-refractivity contribution in [3.05, 3.63) is 24.3 Å². The first-order valence-corrected chi connectivity index (χ1v) is 20.7. The Kier molecular flexibility index (Phi) is 10.4. The Labute approximate surface area is 202 Å². The molecule has 0 amide bonds. The van der Waals surface area contributed by atoms with E-state index >= 15 is 0 Å². The summed E-state index contributed by atoms with van der Waals surface area (Å²) in [4.78, 5) is 0. The van der Waals surface area contributed by atoms with Crippen molar-refractivity contribution >= 4 is 31.0 Å². The highest BCUT2D eigenvalue weighted by Gasteiger charge is 2.42. The van der Waals surface area contributed by atoms with E-state index in [-0.39, 0.29) is 5.04 Å². The molecule has 1 aromatic carbocycles. The third-order valence-electron chi connectivity index (χ3n) is 7.96. The van der Waals surface area contributed by atoms with E-state index < -0.39 is 25.0 Å². The Morgan fingerprint density at radius 1 is 0.719 bits per heavy atom. The second kappa shape index (κ2) is 11.4. The summed E-state index contributed by atoms with van der Waals surface area (Å²) in [6.45, 7) is 29.1. The van der Waals surface area contributed by atoms with Crippen LogP contribution in [-0.4, -0.2) is 25.0 Å². The molecule has 6 heteroatoms. The van der Waals surface area contributed by atoms with Crippen LogP contribution in [0.1, 0.15) is 67.9 Å². The van der Waals surface area contributed by atoms with Crippen LogP contribution >= 0.6 is 0 Å². The Morgan fingerprint density at radius 3 is 1.31 bits per heavy atom. The average molecular weight is 495 g/mol. The highest BCUT2D eigenvalue weighted by atomic mass is 28.4. The Morgan fingerprint density at radius 2 is 1.06 bits per heavy atom. The lowest BCUT2D eigenvalue weighted by atomic mass is 10.2. The van der Waals surface area contributed by atoms with Gasteiger partial charge in [0.2, 0.25) is 0 Å². The topological polar surface area (TPSA) is 27.7 Å². The van der Waals surface area contributed by atoms with Crippen LogP contribution in [0.2, 0.25) is 54.4 Å². The standard InChI is InChI=1S/C26H50O3Si3/c1-13-22-20-23(27-31(14-2,15-3)16-4)25(29-30(11,12)26(8,9)10)24(21-22)28-32(17-5,18-6)19-7/h13,20-21H,1,14-19H2,2-12H3. The van der Waals surface area contributed by atoms with Gasteiger partial charge in [0.25, 0.3) is 25.0 Å². The molecule has 32 heavy (non-hydrogen) atoms. The third kappa shape index (κ3) is 6.54. The summed E-state index contributed by atoms with van der Waals surface area (Å²) in [5.74, 6) is 2.57. The molecule has 0 saturated carbocycles. The van der Waals surface area contributed by atoms with E-state index in [2.05, 4.69) is 94.1 Å². The second-order valence-electron chi connectivity index (χ2n) is 10.6. The lowest BCUT2D eigenvalue weighted by Gasteiger charge is -2.39. The van der Waals surface area contributed by atoms with Crippen molar-refractivity contribution < 1.29 is 13.3 Å². The predicted octanol–water partition coefficient (Wildman–Crippen LogP) is 9.48. The smallest absolute Gasteiger partial charge is 0.250 e. The van der Waals surface area contributed by atoms with E-state index in [1.165, 1.54) is 0 Å². The molecule has 0 radical (unpaired) electrons. The normalized spacial score (nSPS) is 13.1. The number of rotatable bonds is 13. The molecule has 0 bridgehead atoms. The zero-order valence-corrected chi connectivity index (χ0v) is 25.9. The van der Waals surface area contributed by atoms with Gasteiger partial charge in [-0.3, -0.25) is 0 Å². The molecule has 0 atom stereocenters. The van der Waals surface area contributed by atoms with E-state index in [1.54, 1.807) is 0 Å². The molecular weight excluding hydrogens is 445 g/mol. The van der Waals surface area contributed by atoms with Crippen molar-refractivity contribution in [1.82, 2.24) is 0 Å². The van der Waals surface area contributed by atoms with E-state index in [0.29, 0.717) is 0 Å². The van der Waals surface area contributed by atoms with Crippen LogP contribution in [0.3, 0.4) is 0 Å². The molecule has 0 fully saturated rings. The van der Waals surface area contributed by atoms with Gasteiger partial charge in [-0.15, -0.1) is 0 Å². The van der Waals surface area contributed by atoms with E-state index in [9.17, 15) is 0 Å². The molecule has 0 aromatic heterocycles. The van der Waals surface area contributed by atoms with Crippen molar-refractivity contribution in [2.45, 2.75) is 117 Å². The Balaban J connectivity index is 3.81. The van der Waals surface area contributed by atoms with Gasteiger partial charge >= 0.3 is 0 Å². The molecule has 0 aliphatic heterocycles. The van der Waals surface area contributed by atoms with Gasteiger partial charge in [-0.1, -0.05) is 75.0 Å². The summed E-state index contributed by atoms with van der Waals surface area (Å²) >= 11 is 0. The molecule has 0 aliphatic carbocycles. The minimum atomic E-state index is -2.10. The second-order valence-corrected chi connectivity index (χ2v) is 24.7. The number of hydrogen-bond donors (Lipinski definition) is 0. The predicted molar refractivity (Wildman–Crippen MR) is 150 cm³/mol. The summed E-state index contributed by atoms with van der Waals surface area (Å²) in [7, 11) is -5.90. The van der Waals surface area contributed by atoms with Crippen LogP contribution in [-0.2, 0) is 0 Å². The number of benzene rings is 1. The zero-order chi connectivity index (χ0) is 24.8. The molecule has 0 heterocycles. The molecular formula is C26H50O3Si3. The van der Waals surface area contributed by atoms with E-state index in [0.717, 1.165) is 59.1 Å². The summed E-state index contributed by atoms with van der Waals surface area (Å²) in [5.41, 5.74) is 1.04. The largest absolute Gasteiger partial charge is 0.541 e. The summed E-state index contributed by atoms with van der Waals surface area (Å²) < 4.78 is 20.9. The van der Waals surface area contributed by atoms with E-state index in [4.69, 9.17) is 13.3 Å². The molecule has 0 spiro atoms. The Hall–Kier alpha value is -0.989. The first-order chi connectivity index (χ1) is 14.8. The average Bonchev–Trinajstić information content (AvgIpc) is 2.76. The minimum Gasteiger partial charge on any atom is -0.541 e. The van der Waals surface area contributed by atoms with Gasteiger partial charge in [-0.25, -0.2) is 0 Å². The maximum atomic E-state index is 6.99. The van der Waals surface area contributed by atoms with Crippen molar-refractivity contribution in [3.63, 3.8) is 0 Å². The summed E-state index contributed by atoms with van der Waals surface area (Å²) in [6, 6.07) is 10.8. The van der Waals surface area contributed by atoms with Crippen LogP contribution in [0.15, 0.2) is 18.7 Å². The Bertz CT molecular complexity index is 686. The molecule has 0 N–H and O–H groups in total. The van der Waals surface area contributed by atoms with Crippen molar-refractivity contribution in [2.24, 2.45) is 0 Å². The van der Waals surface area contributed by atoms with Crippen LogP contribution in [0.25, 0.3) is 6.08 Å². The molecule has 3 nitrogen and oxygen atoms in total. The fourth-order valence-corrected chi connectivity index (χ4v) is 9.89. The van der Waals surface area contributed by atoms with Gasteiger partial charge in [0.1, 0.15) is 11.5 Å². The van der Waals surface area contributed by atoms with Crippen LogP contribution in [0.5, 0.6) is 17.2 Å². The maximum Gasteiger partial charge on any atom is 0.250 e. The van der Waals surface area contributed by atoms with Gasteiger partial charge in [0, 0.05) is 0 Å². The van der Waals surface area contributed by atoms with Gasteiger partial charge in [-0.05, 0) is 72.1 Å². The summed E-state index contributed by atoms with van der Waals surface area (Å²) in [5, 5.41) is 0.0855. The molecule has 0 unspecified atom stereocenters. The molecule has 1 rings (SSSR count). The monoisotopic (exact) mass is 494 g/mol. The highest BCUT2D eigenvalue weighted by molar-refractivity contribution is 6.76. The lowest BCUT2D eigenvalue weighted by molar-refractivity contribution is 0.423. The molecule has 0 saturated heterocycles. The van der Waals surface area contributed by atoms with Gasteiger partial charge in [-0.2, -0.15) is 0 Å². The minimum absolute atomic E-state index is 0.0855. The fourth-order valence-electron chi connectivity index (χ4n) is 3.77. The van der Waals surface area contributed by atoms with Crippen molar-refractivity contribution in [1.29, 1.82) is 0 Å². The number of hydrogen-bond acceptors (Lipinski definition) is 3. The van der Waals surface area contributed by atoms with Crippen molar-refractivity contribution in [3.8, 4) is 17.2 Å². The maximum absolute atomic E-state index is 6.99. The van der Waals surface area contributed by atoms with Crippen LogP contribution in [0, 0.1) is 0 Å². The van der Waals surface area contributed by atoms with Gasteiger partial charge in [0.15, 0.2) is 5.75 Å². The van der Waals surface area contributed by atoms with E-state index in [1.807, 2.05) is 6.08 Å². The van der Waals surface area contributed by atoms with Crippen molar-refractivity contribution in [2.75, 3.05) is 0 Å². The third-order valence-corrected chi connectivity index (χ3v) is 21.3. The molecule has 0 aliphatic rings. The van der Waals surface area contributed by atoms with Crippen LogP contribution in [0.4, 0.5) is 0 Å². The summed E-state index contributed by atoms with van der Waals surface area (Å²) in [6.07, 6.45) is 1.90. The van der Waals surface area contributed by atoms with Gasteiger partial charge in [0.05, 0.1) is 0 Å². The first-order valence-electron chi connectivity index (χ1n) is 12.7. The fraction of sp³-hybridized carbons (Fsp3) is 0.692. The molecule has 184 valence electrons. The lowest BCUT2D eigenvalue weighted by Crippen LogP contribution is -2.45.